The van der Waals surface area contributed by atoms with Gasteiger partial charge in [-0.3, -0.25) is 14.5 Å². The van der Waals surface area contributed by atoms with Gasteiger partial charge in [0.25, 0.3) is 5.91 Å². The summed E-state index contributed by atoms with van der Waals surface area (Å²) in [4.78, 5) is 22.0. The van der Waals surface area contributed by atoms with Gasteiger partial charge in [-0.2, -0.15) is 5.26 Å². The van der Waals surface area contributed by atoms with Crippen LogP contribution in [0.5, 0.6) is 0 Å². The van der Waals surface area contributed by atoms with Crippen molar-refractivity contribution in [3.63, 3.8) is 0 Å². The number of nitrogens with one attached hydrogen (secondary N) is 1. The number of benzene rings is 3. The molecule has 7 nitrogen and oxygen atoms in total. The minimum atomic E-state index is -0.213. The molecule has 38 heavy (non-hydrogen) atoms. The number of carbonyl (C=O) groups is 1. The Hall–Kier alpha value is -5.48. The summed E-state index contributed by atoms with van der Waals surface area (Å²) < 4.78 is 4.06. The van der Waals surface area contributed by atoms with Crippen molar-refractivity contribution >= 4 is 17.2 Å². The largest absolute Gasteiger partial charge is 0.322 e. The minimum Gasteiger partial charge on any atom is -0.322 e. The van der Waals surface area contributed by atoms with Crippen LogP contribution in [0.25, 0.3) is 33.7 Å². The molecule has 6 aromatic rings. The third kappa shape index (κ3) is 4.21. The van der Waals surface area contributed by atoms with Crippen LogP contribution in [0.15, 0.2) is 110 Å². The summed E-state index contributed by atoms with van der Waals surface area (Å²) >= 11 is 0. The molecule has 0 spiro atoms. The standard InChI is InChI=1S/C31H22N6O/c1-21-10-11-27(35-31(38)25-8-3-7-24(16-25)23-6-2-5-22(15-23)18-32)17-28(21)36-14-12-30-34-20-29(37(30)36)26-9-4-13-33-19-26/h2-17,19-20H,1H3,(H,35,38). The van der Waals surface area contributed by atoms with Gasteiger partial charge >= 0.3 is 0 Å². The summed E-state index contributed by atoms with van der Waals surface area (Å²) in [5.74, 6) is -0.213. The number of aromatic nitrogens is 4. The van der Waals surface area contributed by atoms with Gasteiger partial charge in [-0.1, -0.05) is 30.3 Å². The number of amides is 1. The number of rotatable bonds is 5. The van der Waals surface area contributed by atoms with Crippen LogP contribution in [0.2, 0.25) is 0 Å². The summed E-state index contributed by atoms with van der Waals surface area (Å²) in [6, 6.07) is 28.6. The van der Waals surface area contributed by atoms with Crippen LogP contribution in [0.3, 0.4) is 0 Å². The summed E-state index contributed by atoms with van der Waals surface area (Å²) in [7, 11) is 0. The van der Waals surface area contributed by atoms with Gasteiger partial charge in [0.05, 0.1) is 29.2 Å². The van der Waals surface area contributed by atoms with Crippen LogP contribution in [-0.2, 0) is 0 Å². The first-order valence-corrected chi connectivity index (χ1v) is 12.1. The molecule has 1 N–H and O–H groups in total. The monoisotopic (exact) mass is 494 g/mol. The summed E-state index contributed by atoms with van der Waals surface area (Å²) in [5, 5.41) is 12.3. The van der Waals surface area contributed by atoms with Crippen LogP contribution in [0.1, 0.15) is 21.5 Å². The first-order chi connectivity index (χ1) is 18.6. The molecule has 0 aliphatic carbocycles. The molecule has 0 atom stereocenters. The maximum Gasteiger partial charge on any atom is 0.255 e. The number of imidazole rings is 1. The van der Waals surface area contributed by atoms with E-state index in [4.69, 9.17) is 0 Å². The molecule has 0 aliphatic rings. The molecule has 0 aliphatic heterocycles. The summed E-state index contributed by atoms with van der Waals surface area (Å²) in [6.45, 7) is 2.03. The molecule has 0 radical (unpaired) electrons. The first kappa shape index (κ1) is 23.0. The first-order valence-electron chi connectivity index (χ1n) is 12.1. The molecule has 3 aromatic heterocycles. The SMILES string of the molecule is Cc1ccc(NC(=O)c2cccc(-c3cccc(C#N)c3)c2)cc1-n1ccc2ncc(-c3cccnc3)n21. The molecule has 3 heterocycles. The zero-order chi connectivity index (χ0) is 26.1. The fourth-order valence-corrected chi connectivity index (χ4v) is 4.55. The zero-order valence-electron chi connectivity index (χ0n) is 20.5. The molecular weight excluding hydrogens is 472 g/mol. The van der Waals surface area contributed by atoms with Gasteiger partial charge in [-0.15, -0.1) is 0 Å². The molecule has 1 amide bonds. The van der Waals surface area contributed by atoms with Gasteiger partial charge in [0.2, 0.25) is 0 Å². The maximum absolute atomic E-state index is 13.2. The van der Waals surface area contributed by atoms with Gasteiger partial charge in [0.15, 0.2) is 5.65 Å². The lowest BCUT2D eigenvalue weighted by molar-refractivity contribution is 0.102. The zero-order valence-corrected chi connectivity index (χ0v) is 20.5. The number of pyridine rings is 1. The average molecular weight is 495 g/mol. The predicted molar refractivity (Wildman–Crippen MR) is 147 cm³/mol. The molecule has 182 valence electrons. The molecule has 6 rings (SSSR count). The fraction of sp³-hybridized carbons (Fsp3) is 0.0323. The lowest BCUT2D eigenvalue weighted by Crippen LogP contribution is -2.13. The smallest absolute Gasteiger partial charge is 0.255 e. The second kappa shape index (κ2) is 9.52. The van der Waals surface area contributed by atoms with E-state index >= 15 is 0 Å². The third-order valence-electron chi connectivity index (χ3n) is 6.47. The molecule has 7 heteroatoms. The topological polar surface area (TPSA) is 88.0 Å². The molecule has 0 saturated carbocycles. The lowest BCUT2D eigenvalue weighted by atomic mass is 10.0. The van der Waals surface area contributed by atoms with Gasteiger partial charge < -0.3 is 5.32 Å². The van der Waals surface area contributed by atoms with Crippen LogP contribution in [-0.4, -0.2) is 25.1 Å². The molecule has 0 fully saturated rings. The Balaban J connectivity index is 1.32. The Morgan fingerprint density at radius 1 is 0.895 bits per heavy atom. The van der Waals surface area contributed by atoms with E-state index in [-0.39, 0.29) is 5.91 Å². The van der Waals surface area contributed by atoms with Crippen molar-refractivity contribution in [2.45, 2.75) is 6.92 Å². The van der Waals surface area contributed by atoms with Crippen molar-refractivity contribution in [1.82, 2.24) is 19.2 Å². The Labute approximate surface area is 219 Å². The number of nitrogens with zero attached hydrogens (tertiary/aromatic N) is 5. The van der Waals surface area contributed by atoms with Crippen molar-refractivity contribution in [3.8, 4) is 34.1 Å². The van der Waals surface area contributed by atoms with Gasteiger partial charge in [0.1, 0.15) is 0 Å². The quantitative estimate of drug-likeness (QED) is 0.305. The fourth-order valence-electron chi connectivity index (χ4n) is 4.55. The lowest BCUT2D eigenvalue weighted by Gasteiger charge is -2.14. The van der Waals surface area contributed by atoms with E-state index in [2.05, 4.69) is 21.4 Å². The Morgan fingerprint density at radius 3 is 2.53 bits per heavy atom. The highest BCUT2D eigenvalue weighted by molar-refractivity contribution is 6.05. The number of nitriles is 1. The van der Waals surface area contributed by atoms with Crippen molar-refractivity contribution in [3.05, 3.63) is 126 Å². The molecule has 0 bridgehead atoms. The highest BCUT2D eigenvalue weighted by Gasteiger charge is 2.14. The Bertz CT molecular complexity index is 1840. The normalized spacial score (nSPS) is 10.8. The van der Waals surface area contributed by atoms with Crippen molar-refractivity contribution in [2.24, 2.45) is 0 Å². The van der Waals surface area contributed by atoms with E-state index in [0.29, 0.717) is 16.8 Å². The van der Waals surface area contributed by atoms with Crippen molar-refractivity contribution < 1.29 is 4.79 Å². The van der Waals surface area contributed by atoms with Crippen LogP contribution in [0.4, 0.5) is 5.69 Å². The van der Waals surface area contributed by atoms with Crippen LogP contribution in [0, 0.1) is 18.3 Å². The van der Waals surface area contributed by atoms with Crippen LogP contribution < -0.4 is 5.32 Å². The number of carbonyl (C=O) groups excluding carboxylic acids is 1. The Kier molecular flexibility index (Phi) is 5.75. The number of fused-ring (bicyclic) bond motifs is 1. The molecular formula is C31H22N6O. The van der Waals surface area contributed by atoms with Crippen LogP contribution >= 0.6 is 0 Å². The number of anilines is 1. The molecule has 0 unspecified atom stereocenters. The van der Waals surface area contributed by atoms with E-state index in [1.54, 1.807) is 18.3 Å². The van der Waals surface area contributed by atoms with E-state index in [1.165, 1.54) is 0 Å². The number of aryl methyl sites for hydroxylation is 1. The van der Waals surface area contributed by atoms with Gasteiger partial charge in [-0.05, 0) is 72.1 Å². The summed E-state index contributed by atoms with van der Waals surface area (Å²) in [6.07, 6.45) is 7.36. The highest BCUT2D eigenvalue weighted by Crippen LogP contribution is 2.26. The van der Waals surface area contributed by atoms with Gasteiger partial charge in [0, 0.05) is 41.5 Å². The van der Waals surface area contributed by atoms with Crippen molar-refractivity contribution in [1.29, 1.82) is 5.26 Å². The average Bonchev–Trinajstić information content (AvgIpc) is 3.57. The maximum atomic E-state index is 13.2. The van der Waals surface area contributed by atoms with E-state index < -0.39 is 0 Å². The minimum absolute atomic E-state index is 0.213. The number of hydrogen-bond donors (Lipinski definition) is 1. The highest BCUT2D eigenvalue weighted by atomic mass is 16.1. The molecule has 0 saturated heterocycles. The van der Waals surface area contributed by atoms with Gasteiger partial charge in [-0.25, -0.2) is 9.50 Å². The molecule has 3 aromatic carbocycles. The van der Waals surface area contributed by atoms with E-state index in [1.807, 2.05) is 108 Å². The Morgan fingerprint density at radius 2 is 1.71 bits per heavy atom. The predicted octanol–water partition coefficient (Wildman–Crippen LogP) is 6.29. The van der Waals surface area contributed by atoms with E-state index in [0.717, 1.165) is 39.3 Å². The summed E-state index contributed by atoms with van der Waals surface area (Å²) in [5.41, 5.74) is 8.21. The van der Waals surface area contributed by atoms with Crippen molar-refractivity contribution in [2.75, 3.05) is 5.32 Å². The third-order valence-corrected chi connectivity index (χ3v) is 6.47. The second-order valence-corrected chi connectivity index (χ2v) is 8.94. The number of hydrogen-bond acceptors (Lipinski definition) is 4. The van der Waals surface area contributed by atoms with E-state index in [9.17, 15) is 10.1 Å². The second-order valence-electron chi connectivity index (χ2n) is 8.94.